The van der Waals surface area contributed by atoms with Crippen molar-refractivity contribution >= 4 is 33.5 Å². The van der Waals surface area contributed by atoms with Gasteiger partial charge in [-0.15, -0.1) is 0 Å². The van der Waals surface area contributed by atoms with Gasteiger partial charge in [0.15, 0.2) is 0 Å². The number of ether oxygens (including phenoxy) is 1. The molecule has 33 heavy (non-hydrogen) atoms. The first-order chi connectivity index (χ1) is 15.8. The predicted molar refractivity (Wildman–Crippen MR) is 126 cm³/mol. The SMILES string of the molecule is C=C(CN1Cc2c(ccc3ccc(-c4cc(OC)c5[nH]n(C)c(=O)c5c4)cc23)C1=O)C(N)=O. The summed E-state index contributed by atoms with van der Waals surface area (Å²) in [6, 6.07) is 13.4. The van der Waals surface area contributed by atoms with Gasteiger partial charge in [-0.2, -0.15) is 0 Å². The smallest absolute Gasteiger partial charge is 0.274 e. The Bertz CT molecular complexity index is 1560. The van der Waals surface area contributed by atoms with Gasteiger partial charge >= 0.3 is 0 Å². The number of carbonyl (C=O) groups is 2. The van der Waals surface area contributed by atoms with Crippen LogP contribution in [0.3, 0.4) is 0 Å². The van der Waals surface area contributed by atoms with Gasteiger partial charge in [-0.1, -0.05) is 24.8 Å². The summed E-state index contributed by atoms with van der Waals surface area (Å²) in [5.74, 6) is -0.199. The first-order valence-corrected chi connectivity index (χ1v) is 10.4. The number of nitrogens with two attached hydrogens (primary N) is 1. The second kappa shape index (κ2) is 7.37. The third-order valence-corrected chi connectivity index (χ3v) is 6.20. The highest BCUT2D eigenvalue weighted by molar-refractivity contribution is 6.06. The number of aromatic amines is 1. The zero-order valence-corrected chi connectivity index (χ0v) is 18.3. The molecule has 2 amide bonds. The highest BCUT2D eigenvalue weighted by Crippen LogP contribution is 2.35. The minimum atomic E-state index is -0.619. The molecule has 0 saturated carbocycles. The van der Waals surface area contributed by atoms with Crippen LogP contribution in [0.4, 0.5) is 0 Å². The van der Waals surface area contributed by atoms with Crippen molar-refractivity contribution in [3.63, 3.8) is 0 Å². The Labute approximate surface area is 188 Å². The number of carbonyl (C=O) groups excluding carboxylic acids is 2. The fraction of sp³-hybridized carbons (Fsp3) is 0.160. The first kappa shape index (κ1) is 20.6. The number of amides is 2. The molecule has 1 aromatic heterocycles. The van der Waals surface area contributed by atoms with Gasteiger partial charge in [0.1, 0.15) is 11.3 Å². The fourth-order valence-electron chi connectivity index (χ4n) is 4.43. The van der Waals surface area contributed by atoms with Crippen LogP contribution >= 0.6 is 0 Å². The third-order valence-electron chi connectivity index (χ3n) is 6.20. The van der Waals surface area contributed by atoms with Crippen LogP contribution in [0.2, 0.25) is 0 Å². The zero-order chi connectivity index (χ0) is 23.4. The van der Waals surface area contributed by atoms with Crippen LogP contribution in [0.5, 0.6) is 5.75 Å². The van der Waals surface area contributed by atoms with Gasteiger partial charge in [0.2, 0.25) is 5.91 Å². The van der Waals surface area contributed by atoms with Crippen molar-refractivity contribution in [2.75, 3.05) is 13.7 Å². The lowest BCUT2D eigenvalue weighted by Crippen LogP contribution is -2.30. The Morgan fingerprint density at radius 2 is 1.85 bits per heavy atom. The number of primary amides is 1. The minimum Gasteiger partial charge on any atom is -0.494 e. The van der Waals surface area contributed by atoms with E-state index in [0.717, 1.165) is 27.5 Å². The number of fused-ring (bicyclic) bond motifs is 4. The monoisotopic (exact) mass is 442 g/mol. The lowest BCUT2D eigenvalue weighted by Gasteiger charge is -2.15. The number of hydrogen-bond donors (Lipinski definition) is 2. The zero-order valence-electron chi connectivity index (χ0n) is 18.3. The molecular weight excluding hydrogens is 420 g/mol. The molecule has 3 aromatic carbocycles. The molecule has 166 valence electrons. The van der Waals surface area contributed by atoms with E-state index in [-0.39, 0.29) is 23.6 Å². The molecule has 0 spiro atoms. The van der Waals surface area contributed by atoms with Crippen LogP contribution in [-0.4, -0.2) is 40.1 Å². The topological polar surface area (TPSA) is 110 Å². The molecule has 0 bridgehead atoms. The number of hydrogen-bond acceptors (Lipinski definition) is 4. The average Bonchev–Trinajstić information content (AvgIpc) is 3.28. The van der Waals surface area contributed by atoms with Crippen molar-refractivity contribution in [2.24, 2.45) is 12.8 Å². The number of aromatic nitrogens is 2. The molecule has 8 heteroatoms. The van der Waals surface area contributed by atoms with Crippen molar-refractivity contribution in [2.45, 2.75) is 6.54 Å². The van der Waals surface area contributed by atoms with Gasteiger partial charge in [0, 0.05) is 24.7 Å². The number of benzene rings is 3. The molecule has 8 nitrogen and oxygen atoms in total. The lowest BCUT2D eigenvalue weighted by molar-refractivity contribution is -0.114. The molecule has 4 aromatic rings. The molecule has 3 N–H and O–H groups in total. The third kappa shape index (κ3) is 3.18. The highest BCUT2D eigenvalue weighted by atomic mass is 16.5. The highest BCUT2D eigenvalue weighted by Gasteiger charge is 2.29. The van der Waals surface area contributed by atoms with Crippen molar-refractivity contribution in [3.05, 3.63) is 76.1 Å². The number of H-pyrrole nitrogens is 1. The second-order valence-electron chi connectivity index (χ2n) is 8.23. The molecule has 2 heterocycles. The molecule has 0 saturated heterocycles. The van der Waals surface area contributed by atoms with Crippen molar-refractivity contribution in [1.82, 2.24) is 14.7 Å². The molecule has 0 unspecified atom stereocenters. The minimum absolute atomic E-state index is 0.0919. The Morgan fingerprint density at radius 1 is 1.12 bits per heavy atom. The van der Waals surface area contributed by atoms with E-state index in [4.69, 9.17) is 10.5 Å². The molecular formula is C25H22N4O4. The van der Waals surface area contributed by atoms with Crippen molar-refractivity contribution in [1.29, 1.82) is 0 Å². The quantitative estimate of drug-likeness (QED) is 0.463. The Morgan fingerprint density at radius 3 is 2.58 bits per heavy atom. The lowest BCUT2D eigenvalue weighted by atomic mass is 9.95. The van der Waals surface area contributed by atoms with E-state index in [9.17, 15) is 14.4 Å². The molecule has 0 fully saturated rings. The number of nitrogens with one attached hydrogen (secondary N) is 1. The maximum Gasteiger partial charge on any atom is 0.274 e. The van der Waals surface area contributed by atoms with Crippen LogP contribution in [-0.2, 0) is 18.4 Å². The van der Waals surface area contributed by atoms with Crippen LogP contribution < -0.4 is 16.0 Å². The van der Waals surface area contributed by atoms with Gasteiger partial charge in [-0.3, -0.25) is 24.2 Å². The van der Waals surface area contributed by atoms with E-state index in [1.54, 1.807) is 19.1 Å². The summed E-state index contributed by atoms with van der Waals surface area (Å²) in [6.45, 7) is 4.13. The first-order valence-electron chi connectivity index (χ1n) is 10.4. The van der Waals surface area contributed by atoms with Crippen molar-refractivity contribution in [3.8, 4) is 16.9 Å². The molecule has 0 aliphatic carbocycles. The number of methoxy groups -OCH3 is 1. The van der Waals surface area contributed by atoms with Gasteiger partial charge in [0.05, 0.1) is 19.0 Å². The van der Waals surface area contributed by atoms with E-state index in [1.807, 2.05) is 42.5 Å². The number of nitrogens with zero attached hydrogens (tertiary/aromatic N) is 2. The summed E-state index contributed by atoms with van der Waals surface area (Å²) in [4.78, 5) is 38.4. The summed E-state index contributed by atoms with van der Waals surface area (Å²) in [5.41, 5.74) is 9.22. The van der Waals surface area contributed by atoms with Gasteiger partial charge in [0.25, 0.3) is 11.5 Å². The fourth-order valence-corrected chi connectivity index (χ4v) is 4.43. The maximum atomic E-state index is 12.9. The van der Waals surface area contributed by atoms with Gasteiger partial charge in [-0.25, -0.2) is 0 Å². The Balaban J connectivity index is 1.63. The van der Waals surface area contributed by atoms with E-state index >= 15 is 0 Å². The van der Waals surface area contributed by atoms with Gasteiger partial charge < -0.3 is 15.4 Å². The second-order valence-corrected chi connectivity index (χ2v) is 8.23. The summed E-state index contributed by atoms with van der Waals surface area (Å²) >= 11 is 0. The molecule has 1 aliphatic heterocycles. The standard InChI is InChI=1S/C25H22N4O4/c1-13(23(26)30)11-29-12-20-17(25(29)32)7-6-14-4-5-15(8-18(14)20)16-9-19-22(21(10-16)33-3)27-28(2)24(19)31/h4-10,27H,1,11-12H2,2-3H3,(H2,26,30). The molecule has 0 atom stereocenters. The van der Waals surface area contributed by atoms with Crippen LogP contribution in [0.1, 0.15) is 15.9 Å². The number of rotatable bonds is 5. The van der Waals surface area contributed by atoms with Crippen molar-refractivity contribution < 1.29 is 14.3 Å². The number of aryl methyl sites for hydroxylation is 1. The summed E-state index contributed by atoms with van der Waals surface area (Å²) < 4.78 is 6.94. The van der Waals surface area contributed by atoms with E-state index in [0.29, 0.717) is 28.8 Å². The van der Waals surface area contributed by atoms with Gasteiger partial charge in [-0.05, 0) is 51.7 Å². The summed E-state index contributed by atoms with van der Waals surface area (Å²) in [5, 5.41) is 5.49. The Kier molecular flexibility index (Phi) is 4.59. The molecule has 1 aliphatic rings. The Hall–Kier alpha value is -4.33. The summed E-state index contributed by atoms with van der Waals surface area (Å²) in [6.07, 6.45) is 0. The van der Waals surface area contributed by atoms with Crippen LogP contribution in [0, 0.1) is 0 Å². The molecule has 5 rings (SSSR count). The summed E-state index contributed by atoms with van der Waals surface area (Å²) in [7, 11) is 3.23. The normalized spacial score (nSPS) is 13.0. The predicted octanol–water partition coefficient (Wildman–Crippen LogP) is 2.69. The van der Waals surface area contributed by atoms with Crippen LogP contribution in [0.15, 0.2) is 59.4 Å². The maximum absolute atomic E-state index is 12.9. The van der Waals surface area contributed by atoms with E-state index in [1.165, 1.54) is 4.68 Å². The van der Waals surface area contributed by atoms with E-state index in [2.05, 4.69) is 11.7 Å². The van der Waals surface area contributed by atoms with E-state index < -0.39 is 5.91 Å². The van der Waals surface area contributed by atoms with Crippen LogP contribution in [0.25, 0.3) is 32.8 Å². The largest absolute Gasteiger partial charge is 0.494 e. The average molecular weight is 442 g/mol. The molecule has 0 radical (unpaired) electrons.